The molecule has 0 aliphatic heterocycles. The second-order valence-corrected chi connectivity index (χ2v) is 7.37. The lowest BCUT2D eigenvalue weighted by molar-refractivity contribution is 1.06. The predicted octanol–water partition coefficient (Wildman–Crippen LogP) is 6.08. The number of anilines is 1. The van der Waals surface area contributed by atoms with Crippen LogP contribution in [0.25, 0.3) is 16.9 Å². The highest BCUT2D eigenvalue weighted by atomic mass is 79.9. The molecule has 0 atom stereocenters. The van der Waals surface area contributed by atoms with E-state index in [1.165, 1.54) is 0 Å². The van der Waals surface area contributed by atoms with Gasteiger partial charge in [-0.15, -0.1) is 0 Å². The van der Waals surface area contributed by atoms with Crippen LogP contribution in [0.2, 0.25) is 10.0 Å². The normalized spacial score (nSPS) is 11.0. The molecule has 0 saturated carbocycles. The number of halogens is 3. The van der Waals surface area contributed by atoms with Crippen LogP contribution in [0.5, 0.6) is 0 Å². The summed E-state index contributed by atoms with van der Waals surface area (Å²) < 4.78 is 2.78. The van der Waals surface area contributed by atoms with Crippen molar-refractivity contribution in [2.45, 2.75) is 6.54 Å². The average molecular weight is 448 g/mol. The van der Waals surface area contributed by atoms with Crippen LogP contribution in [0.3, 0.4) is 0 Å². The summed E-state index contributed by atoms with van der Waals surface area (Å²) in [6.45, 7) is 0.583. The number of rotatable bonds is 4. The van der Waals surface area contributed by atoms with E-state index in [9.17, 15) is 0 Å². The molecule has 2 aromatic carbocycles. The van der Waals surface area contributed by atoms with Gasteiger partial charge in [-0.25, -0.2) is 9.97 Å². The lowest BCUT2D eigenvalue weighted by atomic mass is 10.1. The molecule has 0 radical (unpaired) electrons. The molecule has 130 valence electrons. The lowest BCUT2D eigenvalue weighted by Gasteiger charge is -2.11. The molecule has 7 heteroatoms. The van der Waals surface area contributed by atoms with Gasteiger partial charge >= 0.3 is 0 Å². The molecule has 0 aliphatic rings. The first kappa shape index (κ1) is 17.3. The van der Waals surface area contributed by atoms with Crippen LogP contribution >= 0.6 is 39.1 Å². The molecule has 0 saturated heterocycles. The standard InChI is InChI=1S/C19H13BrCl2N4/c20-17-10-24-19-18(23-9-12-4-3-5-13(21)8-12)25-16(11-26(17)19)14-6-1-2-7-15(14)22/h1-8,10-11H,9H2,(H,23,25). The van der Waals surface area contributed by atoms with Crippen molar-refractivity contribution in [3.05, 3.63) is 81.1 Å². The summed E-state index contributed by atoms with van der Waals surface area (Å²) in [4.78, 5) is 9.19. The minimum atomic E-state index is 0.583. The van der Waals surface area contributed by atoms with Gasteiger partial charge in [-0.1, -0.05) is 53.5 Å². The third kappa shape index (κ3) is 3.43. The third-order valence-electron chi connectivity index (χ3n) is 3.95. The van der Waals surface area contributed by atoms with E-state index in [4.69, 9.17) is 28.2 Å². The first-order valence-corrected chi connectivity index (χ1v) is 9.43. The molecule has 2 heterocycles. The van der Waals surface area contributed by atoms with Gasteiger partial charge in [-0.2, -0.15) is 0 Å². The Morgan fingerprint density at radius 3 is 2.73 bits per heavy atom. The van der Waals surface area contributed by atoms with Crippen LogP contribution in [0.4, 0.5) is 5.82 Å². The predicted molar refractivity (Wildman–Crippen MR) is 110 cm³/mol. The number of benzene rings is 2. The van der Waals surface area contributed by atoms with Gasteiger partial charge in [0, 0.05) is 23.3 Å². The number of hydrogen-bond donors (Lipinski definition) is 1. The maximum Gasteiger partial charge on any atom is 0.181 e. The van der Waals surface area contributed by atoms with Crippen LogP contribution in [0, 0.1) is 0 Å². The van der Waals surface area contributed by atoms with Crippen molar-refractivity contribution in [1.29, 1.82) is 0 Å². The van der Waals surface area contributed by atoms with Gasteiger partial charge in [0.25, 0.3) is 0 Å². The summed E-state index contributed by atoms with van der Waals surface area (Å²) in [5.74, 6) is 0.674. The number of nitrogens with zero attached hydrogens (tertiary/aromatic N) is 3. The number of hydrogen-bond acceptors (Lipinski definition) is 3. The highest BCUT2D eigenvalue weighted by Gasteiger charge is 2.13. The molecule has 0 unspecified atom stereocenters. The van der Waals surface area contributed by atoms with Gasteiger partial charge in [-0.05, 0) is 39.7 Å². The smallest absolute Gasteiger partial charge is 0.181 e. The van der Waals surface area contributed by atoms with Gasteiger partial charge < -0.3 is 5.32 Å². The molecule has 4 nitrogen and oxygen atoms in total. The quantitative estimate of drug-likeness (QED) is 0.412. The second-order valence-electron chi connectivity index (χ2n) is 5.71. The molecule has 0 spiro atoms. The summed E-state index contributed by atoms with van der Waals surface area (Å²) >= 11 is 15.9. The Balaban J connectivity index is 1.77. The van der Waals surface area contributed by atoms with E-state index in [0.29, 0.717) is 22.4 Å². The van der Waals surface area contributed by atoms with E-state index >= 15 is 0 Å². The number of fused-ring (bicyclic) bond motifs is 1. The summed E-state index contributed by atoms with van der Waals surface area (Å²) in [7, 11) is 0. The molecule has 0 bridgehead atoms. The Kier molecular flexibility index (Phi) is 4.85. The second kappa shape index (κ2) is 7.27. The number of aromatic nitrogens is 3. The van der Waals surface area contributed by atoms with Gasteiger partial charge in [0.1, 0.15) is 4.60 Å². The van der Waals surface area contributed by atoms with Gasteiger partial charge in [0.2, 0.25) is 0 Å². The highest BCUT2D eigenvalue weighted by molar-refractivity contribution is 9.10. The molecule has 0 fully saturated rings. The number of nitrogens with one attached hydrogen (secondary N) is 1. The summed E-state index contributed by atoms with van der Waals surface area (Å²) in [6.07, 6.45) is 3.66. The molecule has 2 aromatic heterocycles. The SMILES string of the molecule is Clc1cccc(CNc2nc(-c3ccccc3Cl)cn3c(Br)cnc23)c1. The van der Waals surface area contributed by atoms with Crippen molar-refractivity contribution in [2.75, 3.05) is 5.32 Å². The maximum absolute atomic E-state index is 6.35. The van der Waals surface area contributed by atoms with E-state index in [2.05, 4.69) is 26.2 Å². The highest BCUT2D eigenvalue weighted by Crippen LogP contribution is 2.29. The van der Waals surface area contributed by atoms with E-state index in [-0.39, 0.29) is 0 Å². The number of imidazole rings is 1. The molecule has 0 amide bonds. The average Bonchev–Trinajstić information content (AvgIpc) is 3.01. The molecule has 1 N–H and O–H groups in total. The van der Waals surface area contributed by atoms with Crippen molar-refractivity contribution in [1.82, 2.24) is 14.4 Å². The fourth-order valence-electron chi connectivity index (χ4n) is 2.71. The van der Waals surface area contributed by atoms with Crippen LogP contribution in [-0.4, -0.2) is 14.4 Å². The molecule has 4 aromatic rings. The lowest BCUT2D eigenvalue weighted by Crippen LogP contribution is -2.05. The Morgan fingerprint density at radius 1 is 1.08 bits per heavy atom. The zero-order valence-corrected chi connectivity index (χ0v) is 16.6. The summed E-state index contributed by atoms with van der Waals surface area (Å²) in [6, 6.07) is 15.3. The van der Waals surface area contributed by atoms with E-state index in [0.717, 1.165) is 27.1 Å². The molecule has 26 heavy (non-hydrogen) atoms. The van der Waals surface area contributed by atoms with Crippen LogP contribution in [0.15, 0.2) is 65.5 Å². The van der Waals surface area contributed by atoms with Crippen molar-refractivity contribution in [2.24, 2.45) is 0 Å². The van der Waals surface area contributed by atoms with Crippen LogP contribution in [-0.2, 0) is 6.54 Å². The fraction of sp³-hybridized carbons (Fsp3) is 0.0526. The topological polar surface area (TPSA) is 42.2 Å². The molecule has 4 rings (SSSR count). The third-order valence-corrected chi connectivity index (χ3v) is 5.10. The Bertz CT molecular complexity index is 1090. The summed E-state index contributed by atoms with van der Waals surface area (Å²) in [5, 5.41) is 4.71. The van der Waals surface area contributed by atoms with Gasteiger partial charge in [-0.3, -0.25) is 4.40 Å². The molecular formula is C19H13BrCl2N4. The minimum absolute atomic E-state index is 0.583. The molecular weight excluding hydrogens is 435 g/mol. The first-order valence-electron chi connectivity index (χ1n) is 7.88. The van der Waals surface area contributed by atoms with Crippen molar-refractivity contribution in [3.63, 3.8) is 0 Å². The monoisotopic (exact) mass is 446 g/mol. The van der Waals surface area contributed by atoms with Crippen LogP contribution in [0.1, 0.15) is 5.56 Å². The van der Waals surface area contributed by atoms with Gasteiger partial charge in [0.15, 0.2) is 11.5 Å². The fourth-order valence-corrected chi connectivity index (χ4v) is 3.53. The maximum atomic E-state index is 6.35. The van der Waals surface area contributed by atoms with E-state index in [1.807, 2.05) is 59.1 Å². The first-order chi connectivity index (χ1) is 12.6. The Labute approximate surface area is 168 Å². The van der Waals surface area contributed by atoms with Crippen molar-refractivity contribution >= 4 is 50.6 Å². The molecule has 0 aliphatic carbocycles. The zero-order valence-electron chi connectivity index (χ0n) is 13.5. The van der Waals surface area contributed by atoms with Gasteiger partial charge in [0.05, 0.1) is 16.9 Å². The largest absolute Gasteiger partial charge is 0.363 e. The zero-order chi connectivity index (χ0) is 18.1. The van der Waals surface area contributed by atoms with Crippen molar-refractivity contribution in [3.8, 4) is 11.3 Å². The Morgan fingerprint density at radius 2 is 1.92 bits per heavy atom. The summed E-state index contributed by atoms with van der Waals surface area (Å²) in [5.41, 5.74) is 3.42. The van der Waals surface area contributed by atoms with E-state index in [1.54, 1.807) is 6.20 Å². The minimum Gasteiger partial charge on any atom is -0.363 e. The van der Waals surface area contributed by atoms with Crippen LogP contribution < -0.4 is 5.32 Å². The Hall–Kier alpha value is -2.08. The van der Waals surface area contributed by atoms with Crippen molar-refractivity contribution < 1.29 is 0 Å². The van der Waals surface area contributed by atoms with E-state index < -0.39 is 0 Å².